The lowest BCUT2D eigenvalue weighted by atomic mass is 10.1. The quantitative estimate of drug-likeness (QED) is 0.431. The van der Waals surface area contributed by atoms with Gasteiger partial charge in [-0.05, 0) is 13.0 Å². The van der Waals surface area contributed by atoms with E-state index in [1.165, 1.54) is 31.2 Å². The van der Waals surface area contributed by atoms with Gasteiger partial charge in [-0.3, -0.25) is 30.3 Å². The second kappa shape index (κ2) is 7.34. The molecule has 11 nitrogen and oxygen atoms in total. The Hall–Kier alpha value is -3.89. The summed E-state index contributed by atoms with van der Waals surface area (Å²) in [4.78, 5) is 42.8. The van der Waals surface area contributed by atoms with E-state index in [2.05, 4.69) is 0 Å². The summed E-state index contributed by atoms with van der Waals surface area (Å²) < 4.78 is 4.97. The van der Waals surface area contributed by atoms with Gasteiger partial charge in [-0.15, -0.1) is 0 Å². The van der Waals surface area contributed by atoms with Crippen LogP contribution in [-0.4, -0.2) is 20.7 Å². The Bertz CT molecular complexity index is 925. The zero-order valence-corrected chi connectivity index (χ0v) is 13.3. The molecule has 0 N–H and O–H groups in total. The lowest BCUT2D eigenvalue weighted by Gasteiger charge is -2.08. The molecule has 0 fully saturated rings. The van der Waals surface area contributed by atoms with Gasteiger partial charge in [0.05, 0.1) is 32.0 Å². The molecule has 2 aromatic rings. The van der Waals surface area contributed by atoms with E-state index >= 15 is 0 Å². The van der Waals surface area contributed by atoms with Gasteiger partial charge in [0.1, 0.15) is 6.61 Å². The van der Waals surface area contributed by atoms with Gasteiger partial charge in [0.2, 0.25) is 0 Å². The van der Waals surface area contributed by atoms with Gasteiger partial charge < -0.3 is 4.74 Å². The number of para-hydroxylation sites is 1. The number of carbonyl (C=O) groups excluding carboxylic acids is 1. The number of nitro groups is 3. The number of nitrogens with zero attached hydrogens (tertiary/aromatic N) is 3. The number of non-ortho nitro benzene ring substituents is 1. The maximum atomic E-state index is 12.2. The van der Waals surface area contributed by atoms with Gasteiger partial charge in [-0.1, -0.05) is 12.1 Å². The van der Waals surface area contributed by atoms with Crippen molar-refractivity contribution >= 4 is 23.0 Å². The maximum Gasteiger partial charge on any atom is 0.339 e. The molecule has 0 aliphatic carbocycles. The van der Waals surface area contributed by atoms with E-state index in [9.17, 15) is 35.1 Å². The molecule has 0 atom stereocenters. The number of carbonyl (C=O) groups is 1. The fourth-order valence-corrected chi connectivity index (χ4v) is 2.22. The summed E-state index contributed by atoms with van der Waals surface area (Å²) in [6.07, 6.45) is 0. The average Bonchev–Trinajstić information content (AvgIpc) is 2.59. The third-order valence-electron chi connectivity index (χ3n) is 3.54. The molecule has 0 saturated carbocycles. The number of hydrogen-bond donors (Lipinski definition) is 0. The maximum absolute atomic E-state index is 12.2. The molecule has 0 saturated heterocycles. The normalized spacial score (nSPS) is 10.2. The molecule has 11 heteroatoms. The third kappa shape index (κ3) is 3.77. The highest BCUT2D eigenvalue weighted by Crippen LogP contribution is 2.29. The van der Waals surface area contributed by atoms with Crippen molar-refractivity contribution in [2.75, 3.05) is 0 Å². The molecule has 0 amide bonds. The van der Waals surface area contributed by atoms with Crippen LogP contribution in [0.3, 0.4) is 0 Å². The summed E-state index contributed by atoms with van der Waals surface area (Å²) in [6.45, 7) is 0.787. The van der Waals surface area contributed by atoms with Crippen molar-refractivity contribution in [3.05, 3.63) is 83.4 Å². The minimum atomic E-state index is -1.06. The predicted octanol–water partition coefficient (Wildman–Crippen LogP) is 3.08. The number of ether oxygens (including phenoxy) is 1. The zero-order valence-electron chi connectivity index (χ0n) is 13.3. The Morgan fingerprint density at radius 3 is 2.15 bits per heavy atom. The van der Waals surface area contributed by atoms with E-state index in [-0.39, 0.29) is 22.4 Å². The summed E-state index contributed by atoms with van der Waals surface area (Å²) in [7, 11) is 0. The van der Waals surface area contributed by atoms with Gasteiger partial charge in [-0.2, -0.15) is 0 Å². The molecular formula is C15H11N3O8. The van der Waals surface area contributed by atoms with Gasteiger partial charge in [0.15, 0.2) is 0 Å². The molecule has 0 heterocycles. The van der Waals surface area contributed by atoms with Crippen molar-refractivity contribution in [3.8, 4) is 0 Å². The Labute approximate surface area is 145 Å². The topological polar surface area (TPSA) is 156 Å². The van der Waals surface area contributed by atoms with Gasteiger partial charge >= 0.3 is 5.97 Å². The molecule has 2 aromatic carbocycles. The molecule has 2 rings (SSSR count). The molecule has 0 unspecified atom stereocenters. The van der Waals surface area contributed by atoms with Crippen LogP contribution >= 0.6 is 0 Å². The van der Waals surface area contributed by atoms with Crippen LogP contribution in [0.1, 0.15) is 21.5 Å². The summed E-state index contributed by atoms with van der Waals surface area (Å²) in [5.74, 6) is -1.06. The van der Waals surface area contributed by atoms with Crippen LogP contribution in [0.15, 0.2) is 36.4 Å². The predicted molar refractivity (Wildman–Crippen MR) is 86.7 cm³/mol. The van der Waals surface area contributed by atoms with Crippen molar-refractivity contribution in [2.24, 2.45) is 0 Å². The van der Waals surface area contributed by atoms with Crippen molar-refractivity contribution in [1.29, 1.82) is 0 Å². The van der Waals surface area contributed by atoms with E-state index in [0.717, 1.165) is 12.1 Å². The van der Waals surface area contributed by atoms with E-state index in [4.69, 9.17) is 4.74 Å². The van der Waals surface area contributed by atoms with Gasteiger partial charge in [-0.25, -0.2) is 4.79 Å². The average molecular weight is 361 g/mol. The van der Waals surface area contributed by atoms with Crippen LogP contribution in [0.5, 0.6) is 0 Å². The largest absolute Gasteiger partial charge is 0.457 e. The number of benzene rings is 2. The highest BCUT2D eigenvalue weighted by atomic mass is 16.6. The highest BCUT2D eigenvalue weighted by Gasteiger charge is 2.26. The van der Waals surface area contributed by atoms with Crippen molar-refractivity contribution in [3.63, 3.8) is 0 Å². The lowest BCUT2D eigenvalue weighted by Crippen LogP contribution is -2.10. The van der Waals surface area contributed by atoms with Crippen molar-refractivity contribution < 1.29 is 24.3 Å². The second-order valence-corrected chi connectivity index (χ2v) is 5.11. The smallest absolute Gasteiger partial charge is 0.339 e. The van der Waals surface area contributed by atoms with Crippen LogP contribution in [0, 0.1) is 37.3 Å². The highest BCUT2D eigenvalue weighted by molar-refractivity contribution is 5.93. The van der Waals surface area contributed by atoms with Crippen LogP contribution < -0.4 is 0 Å². The Morgan fingerprint density at radius 2 is 1.58 bits per heavy atom. The SMILES string of the molecule is Cc1c(C(=O)OCc2ccccc2[N+](=O)[O-])cc([N+](=O)[O-])cc1[N+](=O)[O-]. The third-order valence-corrected chi connectivity index (χ3v) is 3.54. The minimum Gasteiger partial charge on any atom is -0.457 e. The van der Waals surface area contributed by atoms with E-state index < -0.39 is 38.7 Å². The molecule has 0 aliphatic rings. The van der Waals surface area contributed by atoms with Gasteiger partial charge in [0, 0.05) is 17.7 Å². The molecule has 134 valence electrons. The fraction of sp³-hybridized carbons (Fsp3) is 0.133. The number of rotatable bonds is 6. The summed E-state index contributed by atoms with van der Waals surface area (Å²) in [5, 5.41) is 32.9. The lowest BCUT2D eigenvalue weighted by molar-refractivity contribution is -0.394. The van der Waals surface area contributed by atoms with Crippen LogP contribution in [0.2, 0.25) is 0 Å². The molecule has 26 heavy (non-hydrogen) atoms. The summed E-state index contributed by atoms with van der Waals surface area (Å²) in [5.41, 5.74) is -1.85. The number of esters is 1. The molecular weight excluding hydrogens is 350 g/mol. The molecule has 0 radical (unpaired) electrons. The van der Waals surface area contributed by atoms with Gasteiger partial charge in [0.25, 0.3) is 17.1 Å². The molecule has 0 bridgehead atoms. The van der Waals surface area contributed by atoms with Crippen LogP contribution in [-0.2, 0) is 11.3 Å². The minimum absolute atomic E-state index is 0.104. The Morgan fingerprint density at radius 1 is 0.962 bits per heavy atom. The monoisotopic (exact) mass is 361 g/mol. The first-order valence-electron chi connectivity index (χ1n) is 7.05. The Kier molecular flexibility index (Phi) is 5.21. The molecule has 0 aromatic heterocycles. The Balaban J connectivity index is 2.34. The fourth-order valence-electron chi connectivity index (χ4n) is 2.22. The molecule has 0 spiro atoms. The van der Waals surface area contributed by atoms with E-state index in [1.807, 2.05) is 0 Å². The van der Waals surface area contributed by atoms with Crippen LogP contribution in [0.4, 0.5) is 17.1 Å². The number of hydrogen-bond acceptors (Lipinski definition) is 8. The van der Waals surface area contributed by atoms with E-state index in [0.29, 0.717) is 0 Å². The summed E-state index contributed by atoms with van der Waals surface area (Å²) >= 11 is 0. The first-order valence-corrected chi connectivity index (χ1v) is 7.05. The first-order chi connectivity index (χ1) is 12.2. The van der Waals surface area contributed by atoms with E-state index in [1.54, 1.807) is 0 Å². The first kappa shape index (κ1) is 18.4. The van der Waals surface area contributed by atoms with Crippen molar-refractivity contribution in [1.82, 2.24) is 0 Å². The molecule has 0 aliphatic heterocycles. The standard InChI is InChI=1S/C15H11N3O8/c1-9-12(6-11(16(20)21)7-14(9)18(24)25)15(19)26-8-10-4-2-3-5-13(10)17(22)23/h2-7H,8H2,1H3. The van der Waals surface area contributed by atoms with Crippen LogP contribution in [0.25, 0.3) is 0 Å². The zero-order chi connectivity index (χ0) is 19.4. The van der Waals surface area contributed by atoms with Crippen molar-refractivity contribution in [2.45, 2.75) is 13.5 Å². The number of nitro benzene ring substituents is 3. The summed E-state index contributed by atoms with van der Waals surface area (Å²) in [6, 6.07) is 7.18. The second-order valence-electron chi connectivity index (χ2n) is 5.11.